The fourth-order valence-corrected chi connectivity index (χ4v) is 3.84. The van der Waals surface area contributed by atoms with Gasteiger partial charge in [0.25, 0.3) is 0 Å². The molecule has 0 saturated carbocycles. The van der Waals surface area contributed by atoms with Crippen LogP contribution < -0.4 is 0 Å². The quantitative estimate of drug-likeness (QED) is 0.343. The molecule has 0 fully saturated rings. The maximum absolute atomic E-state index is 6.17. The van der Waals surface area contributed by atoms with Crippen molar-refractivity contribution in [3.63, 3.8) is 0 Å². The lowest BCUT2D eigenvalue weighted by Crippen LogP contribution is -1.86. The van der Waals surface area contributed by atoms with Crippen molar-refractivity contribution in [2.75, 3.05) is 0 Å². The second-order valence-electron chi connectivity index (χ2n) is 7.20. The van der Waals surface area contributed by atoms with Crippen LogP contribution in [0.3, 0.4) is 0 Å². The zero-order valence-corrected chi connectivity index (χ0v) is 16.9. The zero-order valence-electron chi connectivity index (χ0n) is 16.2. The number of halogens is 1. The van der Waals surface area contributed by atoms with Crippen molar-refractivity contribution in [3.8, 4) is 33.8 Å². The van der Waals surface area contributed by atoms with E-state index in [1.807, 2.05) is 43.3 Å². The molecule has 0 spiro atoms. The molecular weight excluding hydrogens is 380 g/mol. The van der Waals surface area contributed by atoms with E-state index in [2.05, 4.69) is 48.3 Å². The number of fused-ring (bicyclic) bond motifs is 1. The summed E-state index contributed by atoms with van der Waals surface area (Å²) in [5.41, 5.74) is 7.24. The first-order chi connectivity index (χ1) is 14.1. The van der Waals surface area contributed by atoms with Crippen LogP contribution in [0.4, 0.5) is 0 Å². The smallest absolute Gasteiger partial charge is 0.192 e. The summed E-state index contributed by atoms with van der Waals surface area (Å²) in [4.78, 5) is 8.29. The molecule has 0 aliphatic heterocycles. The van der Waals surface area contributed by atoms with E-state index in [0.29, 0.717) is 10.9 Å². The number of benzene rings is 3. The molecule has 0 aliphatic rings. The Morgan fingerprint density at radius 2 is 1.52 bits per heavy atom. The Kier molecular flexibility index (Phi) is 4.26. The molecule has 4 heteroatoms. The molecule has 0 unspecified atom stereocenters. The van der Waals surface area contributed by atoms with Crippen LogP contribution in [0, 0.1) is 13.8 Å². The van der Waals surface area contributed by atoms with Crippen LogP contribution in [-0.2, 0) is 0 Å². The van der Waals surface area contributed by atoms with Gasteiger partial charge in [0, 0.05) is 28.4 Å². The highest BCUT2D eigenvalue weighted by Gasteiger charge is 2.23. The highest BCUT2D eigenvalue weighted by Crippen LogP contribution is 2.43. The van der Waals surface area contributed by atoms with Crippen molar-refractivity contribution in [2.45, 2.75) is 13.8 Å². The Hall–Kier alpha value is -3.30. The van der Waals surface area contributed by atoms with E-state index in [1.165, 1.54) is 5.56 Å². The van der Waals surface area contributed by atoms with E-state index in [4.69, 9.17) is 21.0 Å². The molecular formula is C25H19ClN2O. The Labute approximate surface area is 174 Å². The number of hydrogen-bond donors (Lipinski definition) is 1. The fraction of sp³-hybridized carbons (Fsp3) is 0.0800. The molecule has 29 heavy (non-hydrogen) atoms. The first-order valence-corrected chi connectivity index (χ1v) is 9.89. The van der Waals surface area contributed by atoms with E-state index in [1.54, 1.807) is 0 Å². The Morgan fingerprint density at radius 1 is 0.828 bits per heavy atom. The van der Waals surface area contributed by atoms with Crippen molar-refractivity contribution in [1.82, 2.24) is 9.97 Å². The lowest BCUT2D eigenvalue weighted by Gasteiger charge is -2.06. The predicted molar refractivity (Wildman–Crippen MR) is 119 cm³/mol. The summed E-state index contributed by atoms with van der Waals surface area (Å²) in [5.74, 6) is 1.39. The van der Waals surface area contributed by atoms with E-state index < -0.39 is 0 Å². The normalized spacial score (nSPS) is 11.3. The minimum Gasteiger partial charge on any atom is -0.440 e. The number of aromatic nitrogens is 2. The van der Waals surface area contributed by atoms with E-state index in [9.17, 15) is 0 Å². The molecule has 0 amide bonds. The third-order valence-electron chi connectivity index (χ3n) is 5.13. The lowest BCUT2D eigenvalue weighted by molar-refractivity contribution is 0.535. The van der Waals surface area contributed by atoms with Gasteiger partial charge in [0.15, 0.2) is 11.7 Å². The fourth-order valence-electron chi connectivity index (χ4n) is 3.71. The van der Waals surface area contributed by atoms with Gasteiger partial charge >= 0.3 is 0 Å². The van der Waals surface area contributed by atoms with Crippen LogP contribution in [-0.4, -0.2) is 9.97 Å². The summed E-state index contributed by atoms with van der Waals surface area (Å²) in [6.07, 6.45) is 0. The highest BCUT2D eigenvalue weighted by atomic mass is 35.5. The Balaban J connectivity index is 1.81. The van der Waals surface area contributed by atoms with Gasteiger partial charge in [-0.15, -0.1) is 0 Å². The summed E-state index contributed by atoms with van der Waals surface area (Å²) >= 11 is 6.09. The minimum atomic E-state index is 0.630. The molecule has 142 valence electrons. The molecule has 5 rings (SSSR count). The lowest BCUT2D eigenvalue weighted by atomic mass is 9.99. The summed E-state index contributed by atoms with van der Waals surface area (Å²) in [7, 11) is 0. The first-order valence-electron chi connectivity index (χ1n) is 9.51. The molecule has 0 bridgehead atoms. The first kappa shape index (κ1) is 17.8. The van der Waals surface area contributed by atoms with Crippen LogP contribution in [0.2, 0.25) is 5.02 Å². The van der Waals surface area contributed by atoms with Gasteiger partial charge in [0.1, 0.15) is 5.69 Å². The maximum atomic E-state index is 6.17. The van der Waals surface area contributed by atoms with Crippen LogP contribution in [0.5, 0.6) is 0 Å². The number of nitrogens with one attached hydrogen (secondary N) is 1. The van der Waals surface area contributed by atoms with Gasteiger partial charge in [-0.25, -0.2) is 4.98 Å². The van der Waals surface area contributed by atoms with Crippen molar-refractivity contribution < 1.29 is 4.42 Å². The summed E-state index contributed by atoms with van der Waals surface area (Å²) in [6, 6.07) is 24.5. The van der Waals surface area contributed by atoms with Crippen LogP contribution >= 0.6 is 11.6 Å². The summed E-state index contributed by atoms with van der Waals surface area (Å²) in [6.45, 7) is 3.97. The molecule has 3 aromatic carbocycles. The van der Waals surface area contributed by atoms with Crippen LogP contribution in [0.1, 0.15) is 11.5 Å². The van der Waals surface area contributed by atoms with Gasteiger partial charge in [-0.3, -0.25) is 0 Å². The second-order valence-corrected chi connectivity index (χ2v) is 7.64. The monoisotopic (exact) mass is 398 g/mol. The molecule has 3 nitrogen and oxygen atoms in total. The second kappa shape index (κ2) is 6.94. The predicted octanol–water partition coefficient (Wildman–Crippen LogP) is 7.43. The van der Waals surface area contributed by atoms with Gasteiger partial charge in [-0.05, 0) is 30.7 Å². The van der Waals surface area contributed by atoms with Crippen molar-refractivity contribution >= 4 is 22.5 Å². The molecule has 5 aromatic rings. The summed E-state index contributed by atoms with van der Waals surface area (Å²) < 4.78 is 6.17. The number of hydrogen-bond acceptors (Lipinski definition) is 2. The zero-order chi connectivity index (χ0) is 20.0. The van der Waals surface area contributed by atoms with E-state index in [-0.39, 0.29) is 0 Å². The highest BCUT2D eigenvalue weighted by molar-refractivity contribution is 6.30. The number of aryl methyl sites for hydroxylation is 2. The number of oxazole rings is 1. The average molecular weight is 399 g/mol. The molecule has 2 heterocycles. The Bertz CT molecular complexity index is 1310. The van der Waals surface area contributed by atoms with Crippen molar-refractivity contribution in [2.24, 2.45) is 0 Å². The van der Waals surface area contributed by atoms with E-state index in [0.717, 1.165) is 44.7 Å². The molecule has 0 radical (unpaired) electrons. The molecule has 0 saturated heterocycles. The maximum Gasteiger partial charge on any atom is 0.192 e. The number of para-hydroxylation sites is 1. The number of H-pyrrole nitrogens is 1. The van der Waals surface area contributed by atoms with Crippen LogP contribution in [0.25, 0.3) is 44.7 Å². The SMILES string of the molecule is Cc1ccc(-c2[nH]c3ccccc3c2-c2oc(C)nc2-c2ccc(Cl)cc2)cc1. The van der Waals surface area contributed by atoms with Crippen LogP contribution in [0.15, 0.2) is 77.2 Å². The van der Waals surface area contributed by atoms with Crippen molar-refractivity contribution in [1.29, 1.82) is 0 Å². The molecule has 2 aromatic heterocycles. The third-order valence-corrected chi connectivity index (χ3v) is 5.38. The molecule has 0 atom stereocenters. The van der Waals surface area contributed by atoms with Gasteiger partial charge in [-0.1, -0.05) is 71.8 Å². The standard InChI is InChI=1S/C25H19ClN2O/c1-15-7-9-17(10-8-15)23-22(20-5-3-4-6-21(20)28-23)25-24(27-16(2)29-25)18-11-13-19(26)14-12-18/h3-14,28H,1-2H3. The third kappa shape index (κ3) is 3.14. The number of rotatable bonds is 3. The minimum absolute atomic E-state index is 0.630. The average Bonchev–Trinajstić information content (AvgIpc) is 3.29. The largest absolute Gasteiger partial charge is 0.440 e. The van der Waals surface area contributed by atoms with E-state index >= 15 is 0 Å². The van der Waals surface area contributed by atoms with Gasteiger partial charge < -0.3 is 9.40 Å². The number of aromatic amines is 1. The summed E-state index contributed by atoms with van der Waals surface area (Å²) in [5, 5.41) is 1.80. The van der Waals surface area contributed by atoms with Gasteiger partial charge in [0.2, 0.25) is 0 Å². The molecule has 1 N–H and O–H groups in total. The molecule has 0 aliphatic carbocycles. The Morgan fingerprint density at radius 3 is 2.28 bits per heavy atom. The van der Waals surface area contributed by atoms with Gasteiger partial charge in [-0.2, -0.15) is 0 Å². The topological polar surface area (TPSA) is 41.8 Å². The van der Waals surface area contributed by atoms with Crippen molar-refractivity contribution in [3.05, 3.63) is 89.3 Å². The number of nitrogens with zero attached hydrogens (tertiary/aromatic N) is 1. The van der Waals surface area contributed by atoms with Gasteiger partial charge in [0.05, 0.1) is 11.3 Å².